The van der Waals surface area contributed by atoms with Gasteiger partial charge in [-0.1, -0.05) is 60.7 Å². The molecule has 4 rings (SSSR count). The van der Waals surface area contributed by atoms with E-state index in [1.54, 1.807) is 10.7 Å². The van der Waals surface area contributed by atoms with Gasteiger partial charge in [0.2, 0.25) is 0 Å². The van der Waals surface area contributed by atoms with Crippen LogP contribution in [-0.2, 0) is 0 Å². The van der Waals surface area contributed by atoms with Crippen LogP contribution in [0, 0.1) is 0 Å². The minimum absolute atomic E-state index is 0.0142. The van der Waals surface area contributed by atoms with Crippen molar-refractivity contribution >= 4 is 11.5 Å². The molecule has 0 fully saturated rings. The second kappa shape index (κ2) is 7.37. The molecule has 2 aromatic heterocycles. The van der Waals surface area contributed by atoms with E-state index < -0.39 is 0 Å². The Hall–Kier alpha value is -3.18. The summed E-state index contributed by atoms with van der Waals surface area (Å²) in [5.41, 5.74) is 3.85. The molecule has 26 heavy (non-hydrogen) atoms. The first-order valence-electron chi connectivity index (χ1n) is 8.68. The average Bonchev–Trinajstić information content (AvgIpc) is 3.18. The lowest BCUT2D eigenvalue weighted by molar-refractivity contribution is 0.280. The maximum atomic E-state index is 9.51. The SMILES string of the molecule is OCC[C@@H](Nc1cc(-c2ccccc2)nc2ccnn12)c1ccccc1. The standard InChI is InChI=1S/C21H20N4O/c26-14-12-18(16-7-3-1-4-8-16)23-21-15-19(17-9-5-2-6-10-17)24-20-11-13-22-25(20)21/h1-11,13,15,18,23,26H,12,14H2/t18-/m1/s1. The zero-order chi connectivity index (χ0) is 17.8. The largest absolute Gasteiger partial charge is 0.396 e. The second-order valence-electron chi connectivity index (χ2n) is 6.11. The number of aliphatic hydroxyl groups excluding tert-OH is 1. The van der Waals surface area contributed by atoms with E-state index in [1.807, 2.05) is 60.7 Å². The minimum Gasteiger partial charge on any atom is -0.396 e. The summed E-state index contributed by atoms with van der Waals surface area (Å²) in [6.07, 6.45) is 2.35. The smallest absolute Gasteiger partial charge is 0.157 e. The Labute approximate surface area is 152 Å². The van der Waals surface area contributed by atoms with Gasteiger partial charge in [0.15, 0.2) is 5.65 Å². The lowest BCUT2D eigenvalue weighted by Gasteiger charge is -2.20. The van der Waals surface area contributed by atoms with Gasteiger partial charge < -0.3 is 10.4 Å². The molecule has 2 aromatic carbocycles. The van der Waals surface area contributed by atoms with Crippen molar-refractivity contribution in [1.82, 2.24) is 14.6 Å². The summed E-state index contributed by atoms with van der Waals surface area (Å²) in [5, 5.41) is 17.4. The number of anilines is 1. The molecule has 0 saturated carbocycles. The fourth-order valence-electron chi connectivity index (χ4n) is 3.09. The molecule has 0 aliphatic carbocycles. The molecule has 5 heteroatoms. The molecule has 0 unspecified atom stereocenters. The molecule has 0 radical (unpaired) electrons. The van der Waals surface area contributed by atoms with Crippen LogP contribution in [0.25, 0.3) is 16.9 Å². The van der Waals surface area contributed by atoms with Crippen LogP contribution < -0.4 is 5.32 Å². The first-order chi connectivity index (χ1) is 12.8. The monoisotopic (exact) mass is 344 g/mol. The van der Waals surface area contributed by atoms with E-state index in [9.17, 15) is 5.11 Å². The van der Waals surface area contributed by atoms with E-state index in [0.29, 0.717) is 6.42 Å². The maximum absolute atomic E-state index is 9.51. The van der Waals surface area contributed by atoms with Crippen LogP contribution in [0.3, 0.4) is 0 Å². The molecule has 0 spiro atoms. The lowest BCUT2D eigenvalue weighted by atomic mass is 10.0. The van der Waals surface area contributed by atoms with Crippen LogP contribution in [0.5, 0.6) is 0 Å². The van der Waals surface area contributed by atoms with Crippen molar-refractivity contribution in [2.75, 3.05) is 11.9 Å². The first kappa shape index (κ1) is 16.3. The van der Waals surface area contributed by atoms with Crippen LogP contribution in [0.2, 0.25) is 0 Å². The van der Waals surface area contributed by atoms with E-state index >= 15 is 0 Å². The zero-order valence-corrected chi connectivity index (χ0v) is 14.3. The lowest BCUT2D eigenvalue weighted by Crippen LogP contribution is -2.15. The van der Waals surface area contributed by atoms with Crippen molar-refractivity contribution in [1.29, 1.82) is 0 Å². The molecule has 0 amide bonds. The van der Waals surface area contributed by atoms with Crippen molar-refractivity contribution in [3.8, 4) is 11.3 Å². The van der Waals surface area contributed by atoms with Crippen molar-refractivity contribution in [2.24, 2.45) is 0 Å². The van der Waals surface area contributed by atoms with Gasteiger partial charge in [-0.05, 0) is 12.0 Å². The van der Waals surface area contributed by atoms with Gasteiger partial charge in [-0.2, -0.15) is 9.61 Å². The molecular weight excluding hydrogens is 324 g/mol. The second-order valence-corrected chi connectivity index (χ2v) is 6.11. The number of hydrogen-bond acceptors (Lipinski definition) is 4. The number of hydrogen-bond donors (Lipinski definition) is 2. The van der Waals surface area contributed by atoms with Gasteiger partial charge in [-0.3, -0.25) is 0 Å². The molecule has 2 N–H and O–H groups in total. The molecule has 1 atom stereocenters. The number of nitrogens with zero attached hydrogens (tertiary/aromatic N) is 3. The summed E-state index contributed by atoms with van der Waals surface area (Å²) < 4.78 is 1.79. The van der Waals surface area contributed by atoms with Gasteiger partial charge in [0.25, 0.3) is 0 Å². The minimum atomic E-state index is -0.0142. The Morgan fingerprint density at radius 3 is 2.42 bits per heavy atom. The summed E-state index contributed by atoms with van der Waals surface area (Å²) in [5.74, 6) is 0.848. The molecule has 5 nitrogen and oxygen atoms in total. The van der Waals surface area contributed by atoms with Crippen LogP contribution in [0.4, 0.5) is 5.82 Å². The molecule has 130 valence electrons. The Morgan fingerprint density at radius 2 is 1.69 bits per heavy atom. The number of aromatic nitrogens is 3. The molecule has 0 aliphatic rings. The normalized spacial score (nSPS) is 12.2. The van der Waals surface area contributed by atoms with Crippen molar-refractivity contribution in [3.05, 3.63) is 84.6 Å². The zero-order valence-electron chi connectivity index (χ0n) is 14.3. The van der Waals surface area contributed by atoms with Gasteiger partial charge in [0, 0.05) is 24.3 Å². The summed E-state index contributed by atoms with van der Waals surface area (Å²) in [7, 11) is 0. The van der Waals surface area contributed by atoms with Crippen molar-refractivity contribution < 1.29 is 5.11 Å². The Balaban J connectivity index is 1.76. The van der Waals surface area contributed by atoms with Crippen LogP contribution >= 0.6 is 0 Å². The van der Waals surface area contributed by atoms with E-state index in [0.717, 1.165) is 28.3 Å². The van der Waals surface area contributed by atoms with Gasteiger partial charge in [-0.15, -0.1) is 0 Å². The van der Waals surface area contributed by atoms with E-state index in [4.69, 9.17) is 4.98 Å². The Bertz CT molecular complexity index is 983. The third kappa shape index (κ3) is 3.30. The molecule has 4 aromatic rings. The predicted molar refractivity (Wildman–Crippen MR) is 103 cm³/mol. The van der Waals surface area contributed by atoms with Gasteiger partial charge in [0.1, 0.15) is 5.82 Å². The van der Waals surface area contributed by atoms with E-state index in [-0.39, 0.29) is 12.6 Å². The number of nitrogens with one attached hydrogen (secondary N) is 1. The molecule has 2 heterocycles. The molecule has 0 saturated heterocycles. The van der Waals surface area contributed by atoms with Crippen molar-refractivity contribution in [2.45, 2.75) is 12.5 Å². The molecule has 0 bridgehead atoms. The predicted octanol–water partition coefficient (Wildman–Crippen LogP) is 3.93. The van der Waals surface area contributed by atoms with E-state index in [1.165, 1.54) is 0 Å². The van der Waals surface area contributed by atoms with E-state index in [2.05, 4.69) is 22.5 Å². The quantitative estimate of drug-likeness (QED) is 0.556. The van der Waals surface area contributed by atoms with Gasteiger partial charge in [0.05, 0.1) is 17.9 Å². The van der Waals surface area contributed by atoms with Crippen LogP contribution in [0.1, 0.15) is 18.0 Å². The number of benzene rings is 2. The first-order valence-corrected chi connectivity index (χ1v) is 8.68. The summed E-state index contributed by atoms with van der Waals surface area (Å²) in [4.78, 5) is 4.70. The molecular formula is C21H20N4O. The average molecular weight is 344 g/mol. The van der Waals surface area contributed by atoms with Gasteiger partial charge in [-0.25, -0.2) is 4.98 Å². The Kier molecular flexibility index (Phi) is 4.62. The van der Waals surface area contributed by atoms with Gasteiger partial charge >= 0.3 is 0 Å². The highest BCUT2D eigenvalue weighted by Gasteiger charge is 2.14. The summed E-state index contributed by atoms with van der Waals surface area (Å²) in [6, 6.07) is 24.1. The topological polar surface area (TPSA) is 62.5 Å². The van der Waals surface area contributed by atoms with Crippen LogP contribution in [0.15, 0.2) is 79.0 Å². The Morgan fingerprint density at radius 1 is 0.962 bits per heavy atom. The highest BCUT2D eigenvalue weighted by molar-refractivity contribution is 5.66. The highest BCUT2D eigenvalue weighted by Crippen LogP contribution is 2.26. The number of aliphatic hydroxyl groups is 1. The molecule has 0 aliphatic heterocycles. The van der Waals surface area contributed by atoms with Crippen LogP contribution in [-0.4, -0.2) is 26.3 Å². The summed E-state index contributed by atoms with van der Waals surface area (Å²) >= 11 is 0. The summed E-state index contributed by atoms with van der Waals surface area (Å²) in [6.45, 7) is 0.103. The highest BCUT2D eigenvalue weighted by atomic mass is 16.3. The fourth-order valence-corrected chi connectivity index (χ4v) is 3.09. The third-order valence-corrected chi connectivity index (χ3v) is 4.37. The fraction of sp³-hybridized carbons (Fsp3) is 0.143. The van der Waals surface area contributed by atoms with Crippen molar-refractivity contribution in [3.63, 3.8) is 0 Å². The number of rotatable bonds is 6. The number of fused-ring (bicyclic) bond motifs is 1. The maximum Gasteiger partial charge on any atom is 0.157 e. The third-order valence-electron chi connectivity index (χ3n) is 4.37.